The molecule has 2 unspecified atom stereocenters. The predicted molar refractivity (Wildman–Crippen MR) is 56.3 cm³/mol. The molecule has 0 aromatic heterocycles. The third-order valence-electron chi connectivity index (χ3n) is 3.30. The van der Waals surface area contributed by atoms with Crippen molar-refractivity contribution in [2.24, 2.45) is 5.92 Å². The highest BCUT2D eigenvalue weighted by atomic mass is 16.4. The molecule has 0 amide bonds. The fourth-order valence-electron chi connectivity index (χ4n) is 2.36. The lowest BCUT2D eigenvalue weighted by atomic mass is 9.89. The first-order valence-corrected chi connectivity index (χ1v) is 5.53. The van der Waals surface area contributed by atoms with Gasteiger partial charge in [0, 0.05) is 12.5 Å². The molecule has 0 spiro atoms. The molecule has 2 atom stereocenters. The number of likely N-dealkylation sites (tertiary alicyclic amines) is 1. The summed E-state index contributed by atoms with van der Waals surface area (Å²) >= 11 is 0. The molecule has 1 N–H and O–H groups in total. The van der Waals surface area contributed by atoms with Crippen molar-refractivity contribution < 1.29 is 9.90 Å². The third-order valence-corrected chi connectivity index (χ3v) is 3.30. The number of aliphatic carboxylic acids is 1. The Morgan fingerprint density at radius 3 is 2.86 bits per heavy atom. The van der Waals surface area contributed by atoms with E-state index in [0.717, 1.165) is 6.42 Å². The topological polar surface area (TPSA) is 40.5 Å². The standard InChI is InChI=1S/C11H21NO2/c1-9(6-7-11(13)14)10-5-3-4-8-12(10)2/h9-10H,3-8H2,1-2H3,(H,13,14). The highest BCUT2D eigenvalue weighted by Crippen LogP contribution is 2.24. The molecule has 1 saturated heterocycles. The zero-order chi connectivity index (χ0) is 10.6. The van der Waals surface area contributed by atoms with E-state index in [1.54, 1.807) is 0 Å². The van der Waals surface area contributed by atoms with Gasteiger partial charge in [0.05, 0.1) is 0 Å². The molecule has 1 fully saturated rings. The predicted octanol–water partition coefficient (Wildman–Crippen LogP) is 1.97. The summed E-state index contributed by atoms with van der Waals surface area (Å²) in [5, 5.41) is 8.61. The average molecular weight is 199 g/mol. The summed E-state index contributed by atoms with van der Waals surface area (Å²) in [6, 6.07) is 0.600. The van der Waals surface area contributed by atoms with Crippen molar-refractivity contribution in [3.8, 4) is 0 Å². The number of carboxylic acid groups (broad SMARTS) is 1. The summed E-state index contributed by atoms with van der Waals surface area (Å²) in [5.74, 6) is -0.160. The van der Waals surface area contributed by atoms with Crippen LogP contribution in [-0.4, -0.2) is 35.6 Å². The summed E-state index contributed by atoms with van der Waals surface area (Å²) in [4.78, 5) is 12.8. The van der Waals surface area contributed by atoms with E-state index in [2.05, 4.69) is 18.9 Å². The van der Waals surface area contributed by atoms with E-state index in [1.165, 1.54) is 25.8 Å². The number of nitrogens with zero attached hydrogens (tertiary/aromatic N) is 1. The van der Waals surface area contributed by atoms with Crippen LogP contribution in [0.2, 0.25) is 0 Å². The molecule has 0 aromatic rings. The normalized spacial score (nSPS) is 26.0. The number of carboxylic acids is 1. The highest BCUT2D eigenvalue weighted by Gasteiger charge is 2.24. The van der Waals surface area contributed by atoms with Gasteiger partial charge < -0.3 is 10.0 Å². The first-order chi connectivity index (χ1) is 6.61. The monoisotopic (exact) mass is 199 g/mol. The molecule has 0 bridgehead atoms. The van der Waals surface area contributed by atoms with Gasteiger partial charge in [0.2, 0.25) is 0 Å². The minimum absolute atomic E-state index is 0.311. The van der Waals surface area contributed by atoms with Crippen LogP contribution < -0.4 is 0 Å². The lowest BCUT2D eigenvalue weighted by molar-refractivity contribution is -0.137. The summed E-state index contributed by atoms with van der Waals surface area (Å²) in [6.45, 7) is 3.34. The summed E-state index contributed by atoms with van der Waals surface area (Å²) in [5.41, 5.74) is 0. The lowest BCUT2D eigenvalue weighted by Crippen LogP contribution is -2.40. The summed E-state index contributed by atoms with van der Waals surface area (Å²) < 4.78 is 0. The quantitative estimate of drug-likeness (QED) is 0.752. The van der Waals surface area contributed by atoms with Gasteiger partial charge in [-0.15, -0.1) is 0 Å². The Morgan fingerprint density at radius 1 is 1.57 bits per heavy atom. The smallest absolute Gasteiger partial charge is 0.303 e. The van der Waals surface area contributed by atoms with Crippen LogP contribution in [0, 0.1) is 5.92 Å². The number of piperidine rings is 1. The number of hydrogen-bond donors (Lipinski definition) is 1. The first-order valence-electron chi connectivity index (χ1n) is 5.53. The molecule has 1 rings (SSSR count). The largest absolute Gasteiger partial charge is 0.481 e. The Bertz CT molecular complexity index is 194. The molecule has 0 saturated carbocycles. The molecule has 1 heterocycles. The number of carbonyl (C=O) groups is 1. The number of hydrogen-bond acceptors (Lipinski definition) is 2. The maximum Gasteiger partial charge on any atom is 0.303 e. The van der Waals surface area contributed by atoms with Crippen molar-refractivity contribution in [2.45, 2.75) is 45.1 Å². The van der Waals surface area contributed by atoms with Crippen molar-refractivity contribution in [3.05, 3.63) is 0 Å². The van der Waals surface area contributed by atoms with Crippen molar-refractivity contribution >= 4 is 5.97 Å². The van der Waals surface area contributed by atoms with Gasteiger partial charge >= 0.3 is 5.97 Å². The lowest BCUT2D eigenvalue weighted by Gasteiger charge is -2.36. The summed E-state index contributed by atoms with van der Waals surface area (Å²) in [6.07, 6.45) is 4.94. The van der Waals surface area contributed by atoms with E-state index in [0.29, 0.717) is 18.4 Å². The fraction of sp³-hybridized carbons (Fsp3) is 0.909. The van der Waals surface area contributed by atoms with Gasteiger partial charge in [-0.05, 0) is 38.8 Å². The number of rotatable bonds is 4. The van der Waals surface area contributed by atoms with Gasteiger partial charge in [-0.3, -0.25) is 4.79 Å². The van der Waals surface area contributed by atoms with Gasteiger partial charge in [0.25, 0.3) is 0 Å². The minimum atomic E-state index is -0.671. The molecule has 3 heteroatoms. The van der Waals surface area contributed by atoms with E-state index in [4.69, 9.17) is 5.11 Å². The second-order valence-corrected chi connectivity index (χ2v) is 4.45. The molecule has 14 heavy (non-hydrogen) atoms. The molecule has 1 aliphatic heterocycles. The average Bonchev–Trinajstić information content (AvgIpc) is 2.15. The van der Waals surface area contributed by atoms with Gasteiger partial charge in [-0.1, -0.05) is 13.3 Å². The fourth-order valence-corrected chi connectivity index (χ4v) is 2.36. The highest BCUT2D eigenvalue weighted by molar-refractivity contribution is 5.66. The van der Waals surface area contributed by atoms with Gasteiger partial charge in [-0.25, -0.2) is 0 Å². The van der Waals surface area contributed by atoms with E-state index in [-0.39, 0.29) is 0 Å². The van der Waals surface area contributed by atoms with Crippen LogP contribution in [0.1, 0.15) is 39.0 Å². The molecule has 82 valence electrons. The Labute approximate surface area is 86.1 Å². The van der Waals surface area contributed by atoms with Crippen LogP contribution in [0.5, 0.6) is 0 Å². The zero-order valence-corrected chi connectivity index (χ0v) is 9.20. The maximum atomic E-state index is 10.5. The van der Waals surface area contributed by atoms with E-state index < -0.39 is 5.97 Å². The van der Waals surface area contributed by atoms with Crippen LogP contribution in [0.4, 0.5) is 0 Å². The Hall–Kier alpha value is -0.570. The first kappa shape index (κ1) is 11.5. The van der Waals surface area contributed by atoms with Gasteiger partial charge in [0.1, 0.15) is 0 Å². The second-order valence-electron chi connectivity index (χ2n) is 4.45. The Morgan fingerprint density at radius 2 is 2.29 bits per heavy atom. The molecular formula is C11H21NO2. The van der Waals surface area contributed by atoms with Crippen molar-refractivity contribution in [3.63, 3.8) is 0 Å². The van der Waals surface area contributed by atoms with Crippen LogP contribution in [0.3, 0.4) is 0 Å². The van der Waals surface area contributed by atoms with Crippen LogP contribution >= 0.6 is 0 Å². The zero-order valence-electron chi connectivity index (χ0n) is 9.20. The molecule has 0 radical (unpaired) electrons. The summed E-state index contributed by atoms with van der Waals surface area (Å²) in [7, 11) is 2.15. The van der Waals surface area contributed by atoms with Crippen LogP contribution in [0.25, 0.3) is 0 Å². The van der Waals surface area contributed by atoms with E-state index in [1.807, 2.05) is 0 Å². The molecule has 1 aliphatic rings. The molecule has 0 aromatic carbocycles. The maximum absolute atomic E-state index is 10.5. The minimum Gasteiger partial charge on any atom is -0.481 e. The van der Waals surface area contributed by atoms with Gasteiger partial charge in [0.15, 0.2) is 0 Å². The van der Waals surface area contributed by atoms with Crippen molar-refractivity contribution in [1.82, 2.24) is 4.90 Å². The van der Waals surface area contributed by atoms with Gasteiger partial charge in [-0.2, -0.15) is 0 Å². The third kappa shape index (κ3) is 3.29. The van der Waals surface area contributed by atoms with E-state index in [9.17, 15) is 4.79 Å². The second kappa shape index (κ2) is 5.35. The van der Waals surface area contributed by atoms with E-state index >= 15 is 0 Å². The SMILES string of the molecule is CC(CCC(=O)O)C1CCCCN1C. The van der Waals surface area contributed by atoms with Crippen LogP contribution in [0.15, 0.2) is 0 Å². The molecule has 0 aliphatic carbocycles. The van der Waals surface area contributed by atoms with Crippen molar-refractivity contribution in [2.75, 3.05) is 13.6 Å². The molecule has 3 nitrogen and oxygen atoms in total. The Balaban J connectivity index is 2.34. The Kier molecular flexibility index (Phi) is 4.39. The van der Waals surface area contributed by atoms with Crippen LogP contribution in [-0.2, 0) is 4.79 Å². The van der Waals surface area contributed by atoms with Crippen molar-refractivity contribution in [1.29, 1.82) is 0 Å². The molecular weight excluding hydrogens is 178 g/mol.